The van der Waals surface area contributed by atoms with Crippen LogP contribution in [0.5, 0.6) is 0 Å². The number of hydrogen-bond donors (Lipinski definition) is 0. The van der Waals surface area contributed by atoms with E-state index in [4.69, 9.17) is 0 Å². The maximum absolute atomic E-state index is 2.68. The summed E-state index contributed by atoms with van der Waals surface area (Å²) >= 11 is 1.91. The minimum Gasteiger partial charge on any atom is -0.135 e. The first-order valence-corrected chi connectivity index (χ1v) is 22.0. The second kappa shape index (κ2) is 11.2. The van der Waals surface area contributed by atoms with E-state index in [2.05, 4.69) is 158 Å². The zero-order valence-corrected chi connectivity index (χ0v) is 32.6. The van der Waals surface area contributed by atoms with Gasteiger partial charge in [-0.1, -0.05) is 140 Å². The fraction of sp³-hybridized carbons (Fsp3) is 0.179. The lowest BCUT2D eigenvalue weighted by molar-refractivity contribution is -0.0393. The monoisotopic (exact) mass is 744 g/mol. The Labute approximate surface area is 336 Å². The largest absolute Gasteiger partial charge is 0.135 e. The molecule has 0 radical (unpaired) electrons. The Kier molecular flexibility index (Phi) is 6.16. The fourth-order valence-corrected chi connectivity index (χ4v) is 14.9. The lowest BCUT2D eigenvalue weighted by Gasteiger charge is -2.61. The molecule has 1 heterocycles. The van der Waals surface area contributed by atoms with E-state index in [0.29, 0.717) is 11.8 Å². The minimum atomic E-state index is 0.0796. The predicted molar refractivity (Wildman–Crippen MR) is 243 cm³/mol. The van der Waals surface area contributed by atoms with Crippen LogP contribution in [0.25, 0.3) is 96.6 Å². The summed E-state index contributed by atoms with van der Waals surface area (Å²) in [6, 6.07) is 61.0. The number of fused-ring (bicyclic) bond motifs is 12. The van der Waals surface area contributed by atoms with E-state index in [1.54, 1.807) is 11.1 Å². The Hall–Kier alpha value is -5.76. The smallest absolute Gasteiger partial charge is 0.0361 e. The second-order valence-corrected chi connectivity index (χ2v) is 19.0. The van der Waals surface area contributed by atoms with E-state index >= 15 is 0 Å². The van der Waals surface area contributed by atoms with Crippen molar-refractivity contribution in [3.05, 3.63) is 169 Å². The predicted octanol–water partition coefficient (Wildman–Crippen LogP) is 15.7. The molecule has 4 bridgehead atoms. The zero-order chi connectivity index (χ0) is 37.0. The quantitative estimate of drug-likeness (QED) is 0.155. The fourth-order valence-electron chi connectivity index (χ4n) is 13.7. The Balaban J connectivity index is 1.13. The molecule has 0 aliphatic heterocycles. The van der Waals surface area contributed by atoms with E-state index in [1.807, 2.05) is 11.3 Å². The van der Waals surface area contributed by atoms with Crippen LogP contribution >= 0.6 is 11.3 Å². The molecule has 0 nitrogen and oxygen atoms in total. The number of hydrogen-bond acceptors (Lipinski definition) is 1. The third kappa shape index (κ3) is 3.94. The molecule has 1 spiro atoms. The van der Waals surface area contributed by atoms with Crippen molar-refractivity contribution >= 4 is 74.6 Å². The minimum absolute atomic E-state index is 0.0796. The van der Waals surface area contributed by atoms with Gasteiger partial charge in [-0.25, -0.2) is 0 Å². The lowest BCUT2D eigenvalue weighted by atomic mass is 9.43. The van der Waals surface area contributed by atoms with Crippen LogP contribution in [0, 0.1) is 23.7 Å². The van der Waals surface area contributed by atoms with Crippen molar-refractivity contribution in [1.82, 2.24) is 0 Å². The van der Waals surface area contributed by atoms with Gasteiger partial charge in [0.15, 0.2) is 0 Å². The van der Waals surface area contributed by atoms with Crippen LogP contribution in [0.2, 0.25) is 0 Å². The first-order valence-electron chi connectivity index (χ1n) is 21.2. The molecule has 5 aliphatic carbocycles. The van der Waals surface area contributed by atoms with Gasteiger partial charge < -0.3 is 0 Å². The summed E-state index contributed by atoms with van der Waals surface area (Å²) < 4.78 is 2.69. The zero-order valence-electron chi connectivity index (χ0n) is 31.8. The van der Waals surface area contributed by atoms with Crippen molar-refractivity contribution in [2.75, 3.05) is 0 Å². The van der Waals surface area contributed by atoms with Gasteiger partial charge in [0.2, 0.25) is 0 Å². The van der Waals surface area contributed by atoms with Gasteiger partial charge in [-0.3, -0.25) is 0 Å². The average molecular weight is 745 g/mol. The van der Waals surface area contributed by atoms with Crippen LogP contribution in [0.4, 0.5) is 0 Å². The van der Waals surface area contributed by atoms with Gasteiger partial charge in [-0.2, -0.15) is 0 Å². The summed E-state index contributed by atoms with van der Waals surface area (Å²) in [6.07, 6.45) is 7.01. The van der Waals surface area contributed by atoms with Gasteiger partial charge in [0.05, 0.1) is 0 Å². The molecule has 0 N–H and O–H groups in total. The second-order valence-electron chi connectivity index (χ2n) is 17.9. The summed E-state index contributed by atoms with van der Waals surface area (Å²) in [4.78, 5) is 0. The molecule has 1 heteroatoms. The SMILES string of the molecule is c1ccc2c3c(ccc2c1)C1(c2c-3cc(-c3c4ccccc4c(-c4cccc5sc6ccccc6c45)c4ccccc34)c3ccccc23)C2CC3CC(C2)CC1C3. The molecule has 0 unspecified atom stereocenters. The van der Waals surface area contributed by atoms with Gasteiger partial charge in [-0.05, 0) is 162 Å². The molecule has 4 saturated carbocycles. The Morgan fingerprint density at radius 2 is 0.930 bits per heavy atom. The van der Waals surface area contributed by atoms with Gasteiger partial charge in [-0.15, -0.1) is 11.3 Å². The van der Waals surface area contributed by atoms with Crippen molar-refractivity contribution in [2.24, 2.45) is 23.7 Å². The molecular weight excluding hydrogens is 705 g/mol. The van der Waals surface area contributed by atoms with Crippen LogP contribution in [0.15, 0.2) is 158 Å². The Morgan fingerprint density at radius 3 is 1.61 bits per heavy atom. The molecular formula is C56H40S. The first-order chi connectivity index (χ1) is 28.3. The highest BCUT2D eigenvalue weighted by Gasteiger charge is 2.62. The van der Waals surface area contributed by atoms with Crippen molar-refractivity contribution < 1.29 is 0 Å². The molecule has 15 rings (SSSR count). The number of rotatable bonds is 2. The third-order valence-corrected chi connectivity index (χ3v) is 16.5. The Morgan fingerprint density at radius 1 is 0.386 bits per heavy atom. The molecule has 4 fully saturated rings. The van der Waals surface area contributed by atoms with Crippen LogP contribution in [0.3, 0.4) is 0 Å². The molecule has 10 aromatic rings. The van der Waals surface area contributed by atoms with Crippen LogP contribution in [-0.4, -0.2) is 0 Å². The molecule has 0 saturated heterocycles. The van der Waals surface area contributed by atoms with Crippen molar-refractivity contribution in [3.63, 3.8) is 0 Å². The van der Waals surface area contributed by atoms with Gasteiger partial charge in [0.25, 0.3) is 0 Å². The van der Waals surface area contributed by atoms with Crippen molar-refractivity contribution in [3.8, 4) is 33.4 Å². The van der Waals surface area contributed by atoms with Gasteiger partial charge in [0.1, 0.15) is 0 Å². The standard InChI is InChI=1S/C56H40S/c1-2-13-37-34(12-1)24-25-48-53(37)47-31-46(38-14-3-8-19-43(38)55(47)56(48)35-27-32-26-33(29-35)30-36(56)28-32)52-41-17-6-4-15-39(41)51(40-16-5-7-18-42(40)52)45-21-11-23-50-54(45)44-20-9-10-22-49(44)57-50/h1-25,31-33,35-36H,26-30H2. The van der Waals surface area contributed by atoms with Crippen molar-refractivity contribution in [2.45, 2.75) is 37.5 Å². The highest BCUT2D eigenvalue weighted by Crippen LogP contribution is 2.71. The van der Waals surface area contributed by atoms with Crippen LogP contribution < -0.4 is 0 Å². The molecule has 0 atom stereocenters. The van der Waals surface area contributed by atoms with E-state index < -0.39 is 0 Å². The van der Waals surface area contributed by atoms with E-state index in [1.165, 1.54) is 129 Å². The average Bonchev–Trinajstić information content (AvgIpc) is 3.79. The summed E-state index contributed by atoms with van der Waals surface area (Å²) in [5.74, 6) is 3.23. The maximum Gasteiger partial charge on any atom is 0.0361 e. The highest BCUT2D eigenvalue weighted by molar-refractivity contribution is 7.26. The third-order valence-electron chi connectivity index (χ3n) is 15.4. The number of thiophene rings is 1. The topological polar surface area (TPSA) is 0 Å². The number of benzene rings is 9. The normalized spacial score (nSPS) is 23.2. The van der Waals surface area contributed by atoms with E-state index in [9.17, 15) is 0 Å². The lowest BCUT2D eigenvalue weighted by Crippen LogP contribution is -2.55. The Bertz CT molecular complexity index is 3290. The van der Waals surface area contributed by atoms with E-state index in [0.717, 1.165) is 11.8 Å². The van der Waals surface area contributed by atoms with E-state index in [-0.39, 0.29) is 5.41 Å². The summed E-state index contributed by atoms with van der Waals surface area (Å²) in [5, 5.41) is 13.7. The summed E-state index contributed by atoms with van der Waals surface area (Å²) in [6.45, 7) is 0. The summed E-state index contributed by atoms with van der Waals surface area (Å²) in [5.41, 5.74) is 11.8. The van der Waals surface area contributed by atoms with Gasteiger partial charge in [0, 0.05) is 25.6 Å². The molecule has 57 heavy (non-hydrogen) atoms. The molecule has 1 aromatic heterocycles. The van der Waals surface area contributed by atoms with Crippen molar-refractivity contribution in [1.29, 1.82) is 0 Å². The maximum atomic E-state index is 2.68. The molecule has 270 valence electrons. The molecule has 0 amide bonds. The molecule has 5 aliphatic rings. The van der Waals surface area contributed by atoms with Crippen LogP contribution in [0.1, 0.15) is 43.2 Å². The highest BCUT2D eigenvalue weighted by atomic mass is 32.1. The van der Waals surface area contributed by atoms with Crippen LogP contribution in [-0.2, 0) is 5.41 Å². The van der Waals surface area contributed by atoms with Gasteiger partial charge >= 0.3 is 0 Å². The first kappa shape index (κ1) is 31.3. The molecule has 9 aromatic carbocycles. The summed E-state index contributed by atoms with van der Waals surface area (Å²) in [7, 11) is 0.